The van der Waals surface area contributed by atoms with Gasteiger partial charge in [0.05, 0.1) is 0 Å². The second kappa shape index (κ2) is 3.75. The molecule has 14 heavy (non-hydrogen) atoms. The number of halogens is 1. The molecule has 0 fully saturated rings. The summed E-state index contributed by atoms with van der Waals surface area (Å²) in [7, 11) is 0. The van der Waals surface area contributed by atoms with E-state index in [1.165, 1.54) is 0 Å². The van der Waals surface area contributed by atoms with Crippen molar-refractivity contribution in [3.63, 3.8) is 0 Å². The molecule has 2 aromatic rings. The number of aromatic nitrogens is 4. The second-order valence-electron chi connectivity index (χ2n) is 2.75. The smallest absolute Gasteiger partial charge is 0.222 e. The summed E-state index contributed by atoms with van der Waals surface area (Å²) < 4.78 is 2.00. The van der Waals surface area contributed by atoms with Crippen LogP contribution < -0.4 is 0 Å². The van der Waals surface area contributed by atoms with Gasteiger partial charge in [-0.05, 0) is 24.6 Å². The molecule has 0 atom stereocenters. The van der Waals surface area contributed by atoms with Crippen molar-refractivity contribution in [2.45, 2.75) is 13.5 Å². The van der Waals surface area contributed by atoms with Crippen LogP contribution >= 0.6 is 11.6 Å². The van der Waals surface area contributed by atoms with Gasteiger partial charge in [-0.1, -0.05) is 0 Å². The number of hydrogen-bond donors (Lipinski definition) is 0. The first-order valence-electron chi connectivity index (χ1n) is 4.31. The van der Waals surface area contributed by atoms with Gasteiger partial charge in [0.15, 0.2) is 5.82 Å². The summed E-state index contributed by atoms with van der Waals surface area (Å²) in [4.78, 5) is 12.1. The number of nitrogens with zero attached hydrogens (tertiary/aromatic N) is 4. The molecule has 0 bridgehead atoms. The quantitative estimate of drug-likeness (QED) is 0.710. The van der Waals surface area contributed by atoms with E-state index in [1.807, 2.05) is 17.7 Å². The zero-order valence-electron chi connectivity index (χ0n) is 7.68. The Hall–Kier alpha value is -1.42. The molecule has 2 aromatic heterocycles. The predicted molar refractivity (Wildman–Crippen MR) is 53.9 cm³/mol. The van der Waals surface area contributed by atoms with Gasteiger partial charge in [0.25, 0.3) is 0 Å². The molecular formula is C9H9ClN4. The highest BCUT2D eigenvalue weighted by atomic mass is 35.5. The lowest BCUT2D eigenvalue weighted by molar-refractivity contribution is 0.767. The van der Waals surface area contributed by atoms with Crippen molar-refractivity contribution in [2.24, 2.45) is 0 Å². The molecule has 0 spiro atoms. The van der Waals surface area contributed by atoms with Crippen LogP contribution in [-0.4, -0.2) is 19.5 Å². The Morgan fingerprint density at radius 3 is 2.93 bits per heavy atom. The van der Waals surface area contributed by atoms with Gasteiger partial charge >= 0.3 is 0 Å². The number of imidazole rings is 1. The lowest BCUT2D eigenvalue weighted by Crippen LogP contribution is -1.98. The molecule has 0 unspecified atom stereocenters. The van der Waals surface area contributed by atoms with Crippen LogP contribution in [0.2, 0.25) is 5.28 Å². The Morgan fingerprint density at radius 1 is 1.36 bits per heavy atom. The lowest BCUT2D eigenvalue weighted by atomic mass is 10.4. The van der Waals surface area contributed by atoms with Crippen molar-refractivity contribution in [2.75, 3.05) is 0 Å². The molecule has 0 aliphatic rings. The second-order valence-corrected chi connectivity index (χ2v) is 3.09. The molecule has 5 heteroatoms. The number of rotatable bonds is 2. The molecule has 72 valence electrons. The van der Waals surface area contributed by atoms with Gasteiger partial charge in [-0.2, -0.15) is 0 Å². The van der Waals surface area contributed by atoms with Crippen LogP contribution in [0.1, 0.15) is 6.92 Å². The van der Waals surface area contributed by atoms with Gasteiger partial charge in [0.1, 0.15) is 5.69 Å². The zero-order chi connectivity index (χ0) is 9.97. The first-order valence-corrected chi connectivity index (χ1v) is 4.69. The molecular weight excluding hydrogens is 200 g/mol. The third kappa shape index (κ3) is 1.61. The highest BCUT2D eigenvalue weighted by molar-refractivity contribution is 6.28. The lowest BCUT2D eigenvalue weighted by Gasteiger charge is -2.02. The summed E-state index contributed by atoms with van der Waals surface area (Å²) in [6, 6.07) is 1.79. The van der Waals surface area contributed by atoms with Crippen LogP contribution in [-0.2, 0) is 6.54 Å². The summed E-state index contributed by atoms with van der Waals surface area (Å²) >= 11 is 5.70. The van der Waals surface area contributed by atoms with Gasteiger partial charge in [-0.15, -0.1) is 0 Å². The average Bonchev–Trinajstić information content (AvgIpc) is 2.65. The van der Waals surface area contributed by atoms with Crippen molar-refractivity contribution < 1.29 is 0 Å². The van der Waals surface area contributed by atoms with E-state index in [9.17, 15) is 0 Å². The molecule has 0 amide bonds. The minimum Gasteiger partial charge on any atom is -0.330 e. The van der Waals surface area contributed by atoms with E-state index in [2.05, 4.69) is 15.0 Å². The van der Waals surface area contributed by atoms with E-state index in [0.717, 1.165) is 18.1 Å². The van der Waals surface area contributed by atoms with Crippen LogP contribution in [0.5, 0.6) is 0 Å². The average molecular weight is 209 g/mol. The Kier molecular flexibility index (Phi) is 2.45. The summed E-state index contributed by atoms with van der Waals surface area (Å²) in [5.74, 6) is 0.816. The Morgan fingerprint density at radius 2 is 2.21 bits per heavy atom. The third-order valence-electron chi connectivity index (χ3n) is 1.91. The SMILES string of the molecule is CCn1ccnc1-c1ccnc(Cl)n1. The van der Waals surface area contributed by atoms with E-state index >= 15 is 0 Å². The maximum absolute atomic E-state index is 5.70. The summed E-state index contributed by atoms with van der Waals surface area (Å²) in [6.45, 7) is 2.91. The molecule has 0 radical (unpaired) electrons. The van der Waals surface area contributed by atoms with E-state index in [0.29, 0.717) is 0 Å². The zero-order valence-corrected chi connectivity index (χ0v) is 8.44. The predicted octanol–water partition coefficient (Wildman–Crippen LogP) is 2.01. The molecule has 0 aromatic carbocycles. The fourth-order valence-electron chi connectivity index (χ4n) is 1.26. The third-order valence-corrected chi connectivity index (χ3v) is 2.09. The minimum atomic E-state index is 0.244. The fraction of sp³-hybridized carbons (Fsp3) is 0.222. The van der Waals surface area contributed by atoms with Crippen LogP contribution in [0.15, 0.2) is 24.7 Å². The standard InChI is InChI=1S/C9H9ClN4/c1-2-14-6-5-11-8(14)7-3-4-12-9(10)13-7/h3-6H,2H2,1H3. The normalized spacial score (nSPS) is 10.4. The van der Waals surface area contributed by atoms with Gasteiger partial charge in [-0.25, -0.2) is 15.0 Å². The maximum Gasteiger partial charge on any atom is 0.222 e. The summed E-state index contributed by atoms with van der Waals surface area (Å²) in [6.07, 6.45) is 5.28. The first kappa shape index (κ1) is 9.15. The highest BCUT2D eigenvalue weighted by Crippen LogP contribution is 2.15. The molecule has 0 N–H and O–H groups in total. The molecule has 2 rings (SSSR count). The van der Waals surface area contributed by atoms with Crippen LogP contribution in [0.25, 0.3) is 11.5 Å². The van der Waals surface area contributed by atoms with Crippen molar-refractivity contribution >= 4 is 11.6 Å². The molecule has 2 heterocycles. The summed E-state index contributed by atoms with van der Waals surface area (Å²) in [5, 5.41) is 0.244. The van der Waals surface area contributed by atoms with E-state index < -0.39 is 0 Å². The molecule has 4 nitrogen and oxygen atoms in total. The van der Waals surface area contributed by atoms with Crippen LogP contribution in [0, 0.1) is 0 Å². The maximum atomic E-state index is 5.70. The Labute approximate surface area is 86.6 Å². The number of hydrogen-bond acceptors (Lipinski definition) is 3. The fourth-order valence-corrected chi connectivity index (χ4v) is 1.40. The van der Waals surface area contributed by atoms with Crippen LogP contribution in [0.4, 0.5) is 0 Å². The van der Waals surface area contributed by atoms with E-state index in [1.54, 1.807) is 18.5 Å². The van der Waals surface area contributed by atoms with Gasteiger partial charge in [0, 0.05) is 25.1 Å². The topological polar surface area (TPSA) is 43.6 Å². The minimum absolute atomic E-state index is 0.244. The Balaban J connectivity index is 2.49. The van der Waals surface area contributed by atoms with Crippen molar-refractivity contribution in [1.82, 2.24) is 19.5 Å². The molecule has 0 aliphatic carbocycles. The molecule has 0 saturated heterocycles. The van der Waals surface area contributed by atoms with Crippen molar-refractivity contribution in [1.29, 1.82) is 0 Å². The first-order chi connectivity index (χ1) is 6.81. The van der Waals surface area contributed by atoms with Gasteiger partial charge < -0.3 is 4.57 Å². The van der Waals surface area contributed by atoms with Gasteiger partial charge in [0.2, 0.25) is 5.28 Å². The van der Waals surface area contributed by atoms with Crippen molar-refractivity contribution in [3.05, 3.63) is 29.9 Å². The Bertz CT molecular complexity index is 438. The molecule has 0 saturated carbocycles. The van der Waals surface area contributed by atoms with Crippen molar-refractivity contribution in [3.8, 4) is 11.5 Å². The number of aryl methyl sites for hydroxylation is 1. The monoisotopic (exact) mass is 208 g/mol. The molecule has 0 aliphatic heterocycles. The van der Waals surface area contributed by atoms with Gasteiger partial charge in [-0.3, -0.25) is 0 Å². The largest absolute Gasteiger partial charge is 0.330 e. The highest BCUT2D eigenvalue weighted by Gasteiger charge is 2.06. The van der Waals surface area contributed by atoms with Crippen LogP contribution in [0.3, 0.4) is 0 Å². The van der Waals surface area contributed by atoms with E-state index in [4.69, 9.17) is 11.6 Å². The summed E-state index contributed by atoms with van der Waals surface area (Å²) in [5.41, 5.74) is 0.747. The van der Waals surface area contributed by atoms with E-state index in [-0.39, 0.29) is 5.28 Å².